The zero-order chi connectivity index (χ0) is 25.6. The summed E-state index contributed by atoms with van der Waals surface area (Å²) < 4.78 is 3.00. The first-order valence-electron chi connectivity index (χ1n) is 11.4. The third-order valence-corrected chi connectivity index (χ3v) is 6.84. The van der Waals surface area contributed by atoms with Crippen molar-refractivity contribution in [3.63, 3.8) is 0 Å². The van der Waals surface area contributed by atoms with E-state index in [0.717, 1.165) is 22.0 Å². The van der Waals surface area contributed by atoms with Gasteiger partial charge < -0.3 is 10.1 Å². The number of pyridine rings is 1. The number of fused-ring (bicyclic) bond motifs is 2. The molecular formula is C27H22ClN5O3. The minimum Gasteiger partial charge on any atom is -0.481 e. The number of benzene rings is 2. The molecule has 2 N–H and O–H groups in total. The highest BCUT2D eigenvalue weighted by Gasteiger charge is 2.28. The number of aromatic nitrogens is 4. The van der Waals surface area contributed by atoms with Gasteiger partial charge in [-0.15, -0.1) is 0 Å². The first-order valence-corrected chi connectivity index (χ1v) is 11.8. The van der Waals surface area contributed by atoms with Crippen molar-refractivity contribution in [3.8, 4) is 6.07 Å². The van der Waals surface area contributed by atoms with Gasteiger partial charge in [0.05, 0.1) is 24.0 Å². The molecule has 3 aromatic heterocycles. The Morgan fingerprint density at radius 1 is 1.17 bits per heavy atom. The van der Waals surface area contributed by atoms with Crippen LogP contribution in [0.15, 0.2) is 65.6 Å². The summed E-state index contributed by atoms with van der Waals surface area (Å²) in [6.45, 7) is 3.94. The lowest BCUT2D eigenvalue weighted by Crippen LogP contribution is -2.31. The number of hydrogen-bond donors (Lipinski definition) is 2. The second-order valence-electron chi connectivity index (χ2n) is 8.76. The van der Waals surface area contributed by atoms with Crippen LogP contribution in [0, 0.1) is 18.3 Å². The summed E-state index contributed by atoms with van der Waals surface area (Å²) in [5, 5.41) is 20.7. The summed E-state index contributed by atoms with van der Waals surface area (Å²) >= 11 is 6.06. The number of carboxylic acid groups (broad SMARTS) is 1. The number of aromatic amines is 1. The number of nitrogens with zero attached hydrogens (tertiary/aromatic N) is 4. The fraction of sp³-hybridized carbons (Fsp3) is 0.185. The lowest BCUT2D eigenvalue weighted by Gasteiger charge is -2.18. The second-order valence-corrected chi connectivity index (χ2v) is 9.19. The number of carboxylic acids is 1. The SMILES string of the molecule is Cc1cccc2[nH]cc(C(C)n3c(=O)n(C(CC(=O)O)c4ccc(Cl)cc4)c4nc(C#N)ccc43)c12. The van der Waals surface area contributed by atoms with Crippen LogP contribution in [0.25, 0.3) is 22.1 Å². The van der Waals surface area contributed by atoms with Gasteiger partial charge in [-0.3, -0.25) is 13.9 Å². The van der Waals surface area contributed by atoms with Crippen molar-refractivity contribution in [1.29, 1.82) is 5.26 Å². The number of aliphatic carboxylic acids is 1. The van der Waals surface area contributed by atoms with E-state index in [1.807, 2.05) is 44.3 Å². The number of nitriles is 1. The van der Waals surface area contributed by atoms with Gasteiger partial charge in [0.1, 0.15) is 11.8 Å². The quantitative estimate of drug-likeness (QED) is 0.333. The molecule has 0 spiro atoms. The Kier molecular flexibility index (Phi) is 5.86. The summed E-state index contributed by atoms with van der Waals surface area (Å²) in [5.41, 5.74) is 4.05. The third-order valence-electron chi connectivity index (χ3n) is 6.59. The molecule has 0 bridgehead atoms. The van der Waals surface area contributed by atoms with Crippen LogP contribution in [0.2, 0.25) is 5.02 Å². The number of H-pyrrole nitrogens is 1. The summed E-state index contributed by atoms with van der Waals surface area (Å²) in [6.07, 6.45) is 1.54. The molecule has 0 aliphatic heterocycles. The Balaban J connectivity index is 1.80. The molecule has 9 heteroatoms. The molecule has 2 unspecified atom stereocenters. The van der Waals surface area contributed by atoms with Gasteiger partial charge in [0.2, 0.25) is 0 Å². The number of carbonyl (C=O) groups is 1. The zero-order valence-corrected chi connectivity index (χ0v) is 20.3. The molecule has 5 aromatic rings. The predicted octanol–water partition coefficient (Wildman–Crippen LogP) is 5.19. The van der Waals surface area contributed by atoms with Gasteiger partial charge in [0, 0.05) is 27.7 Å². The molecule has 3 heterocycles. The fourth-order valence-electron chi connectivity index (χ4n) is 4.91. The Morgan fingerprint density at radius 3 is 2.61 bits per heavy atom. The summed E-state index contributed by atoms with van der Waals surface area (Å²) in [6, 6.07) is 16.7. The van der Waals surface area contributed by atoms with Gasteiger partial charge in [-0.05, 0) is 55.3 Å². The van der Waals surface area contributed by atoms with Crippen molar-refractivity contribution in [2.45, 2.75) is 32.4 Å². The minimum absolute atomic E-state index is 0.133. The van der Waals surface area contributed by atoms with Crippen LogP contribution in [0.1, 0.15) is 47.8 Å². The molecule has 0 aliphatic rings. The molecular weight excluding hydrogens is 478 g/mol. The van der Waals surface area contributed by atoms with Crippen LogP contribution in [-0.2, 0) is 4.79 Å². The van der Waals surface area contributed by atoms with Crippen LogP contribution in [0.5, 0.6) is 0 Å². The molecule has 2 aromatic carbocycles. The minimum atomic E-state index is -1.07. The predicted molar refractivity (Wildman–Crippen MR) is 137 cm³/mol. The van der Waals surface area contributed by atoms with Crippen LogP contribution in [0.3, 0.4) is 0 Å². The van der Waals surface area contributed by atoms with E-state index in [9.17, 15) is 20.0 Å². The Labute approximate surface area is 211 Å². The molecule has 0 saturated carbocycles. The van der Waals surface area contributed by atoms with Gasteiger partial charge in [-0.25, -0.2) is 9.78 Å². The van der Waals surface area contributed by atoms with Crippen molar-refractivity contribution in [2.24, 2.45) is 0 Å². The van der Waals surface area contributed by atoms with Crippen molar-refractivity contribution >= 4 is 39.6 Å². The second kappa shape index (κ2) is 9.02. The largest absolute Gasteiger partial charge is 0.481 e. The average molecular weight is 500 g/mol. The first kappa shape index (κ1) is 23.4. The number of halogens is 1. The van der Waals surface area contributed by atoms with Gasteiger partial charge in [-0.2, -0.15) is 5.26 Å². The van der Waals surface area contributed by atoms with Crippen LogP contribution >= 0.6 is 11.6 Å². The van der Waals surface area contributed by atoms with E-state index in [-0.39, 0.29) is 17.8 Å². The molecule has 36 heavy (non-hydrogen) atoms. The number of nitrogens with one attached hydrogen (secondary N) is 1. The Bertz CT molecular complexity index is 1720. The summed E-state index contributed by atoms with van der Waals surface area (Å²) in [5.74, 6) is -1.07. The maximum atomic E-state index is 14.1. The zero-order valence-electron chi connectivity index (χ0n) is 19.6. The molecule has 180 valence electrons. The average Bonchev–Trinajstić information content (AvgIpc) is 3.42. The van der Waals surface area contributed by atoms with Crippen LogP contribution in [0.4, 0.5) is 0 Å². The topological polar surface area (TPSA) is 117 Å². The highest BCUT2D eigenvalue weighted by Crippen LogP contribution is 2.32. The van der Waals surface area contributed by atoms with Gasteiger partial charge in [0.15, 0.2) is 5.65 Å². The van der Waals surface area contributed by atoms with E-state index in [0.29, 0.717) is 16.1 Å². The molecule has 0 aliphatic carbocycles. The van der Waals surface area contributed by atoms with Gasteiger partial charge >= 0.3 is 11.7 Å². The molecule has 0 saturated heterocycles. The molecule has 2 atom stereocenters. The lowest BCUT2D eigenvalue weighted by atomic mass is 10.0. The smallest absolute Gasteiger partial charge is 0.331 e. The monoisotopic (exact) mass is 499 g/mol. The first-order chi connectivity index (χ1) is 17.3. The lowest BCUT2D eigenvalue weighted by molar-refractivity contribution is -0.137. The Hall–Kier alpha value is -4.35. The maximum Gasteiger partial charge on any atom is 0.331 e. The number of hydrogen-bond acceptors (Lipinski definition) is 4. The van der Waals surface area contributed by atoms with E-state index in [1.165, 1.54) is 4.57 Å². The molecule has 0 fully saturated rings. The van der Waals surface area contributed by atoms with E-state index in [4.69, 9.17) is 11.6 Å². The number of imidazole rings is 1. The van der Waals surface area contributed by atoms with E-state index >= 15 is 0 Å². The van der Waals surface area contributed by atoms with Crippen LogP contribution in [-0.4, -0.2) is 30.2 Å². The highest BCUT2D eigenvalue weighted by molar-refractivity contribution is 6.30. The molecule has 5 rings (SSSR count). The maximum absolute atomic E-state index is 14.1. The normalized spacial score (nSPS) is 13.1. The Morgan fingerprint density at radius 2 is 1.92 bits per heavy atom. The van der Waals surface area contributed by atoms with Gasteiger partial charge in [-0.1, -0.05) is 35.9 Å². The van der Waals surface area contributed by atoms with Crippen molar-refractivity contribution in [3.05, 3.63) is 98.7 Å². The molecule has 8 nitrogen and oxygen atoms in total. The molecule has 0 radical (unpaired) electrons. The summed E-state index contributed by atoms with van der Waals surface area (Å²) in [4.78, 5) is 33.7. The van der Waals surface area contributed by atoms with E-state index in [1.54, 1.807) is 41.0 Å². The third kappa shape index (κ3) is 3.84. The number of rotatable bonds is 6. The van der Waals surface area contributed by atoms with Gasteiger partial charge in [0.25, 0.3) is 0 Å². The standard InChI is InChI=1S/C27H22ClN5O3/c1-15-4-3-5-21-25(15)20(14-30-21)16(2)32-22-11-10-19(13-29)31-26(22)33(27(32)36)23(12-24(34)35)17-6-8-18(28)9-7-17/h3-11,14,16,23,30H,12H2,1-2H3,(H,34,35). The number of aryl methyl sites for hydroxylation is 1. The van der Waals surface area contributed by atoms with Crippen molar-refractivity contribution in [2.75, 3.05) is 0 Å². The molecule has 0 amide bonds. The van der Waals surface area contributed by atoms with Crippen molar-refractivity contribution in [1.82, 2.24) is 19.1 Å². The van der Waals surface area contributed by atoms with E-state index in [2.05, 4.69) is 9.97 Å². The summed E-state index contributed by atoms with van der Waals surface area (Å²) in [7, 11) is 0. The fourth-order valence-corrected chi connectivity index (χ4v) is 5.04. The van der Waals surface area contributed by atoms with Crippen molar-refractivity contribution < 1.29 is 9.90 Å². The van der Waals surface area contributed by atoms with Crippen LogP contribution < -0.4 is 5.69 Å². The van der Waals surface area contributed by atoms with E-state index < -0.39 is 23.7 Å². The highest BCUT2D eigenvalue weighted by atomic mass is 35.5.